The fourth-order valence-electron chi connectivity index (χ4n) is 0.382. The molecule has 15 heavy (non-hydrogen) atoms. The maximum absolute atomic E-state index is 10.7. The van der Waals surface area contributed by atoms with Gasteiger partial charge in [0.25, 0.3) is 0 Å². The van der Waals surface area contributed by atoms with Crippen LogP contribution in [0.15, 0.2) is 0 Å². The Morgan fingerprint density at radius 3 is 1.80 bits per heavy atom. The molecule has 0 unspecified atom stereocenters. The van der Waals surface area contributed by atoms with E-state index in [9.17, 15) is 17.2 Å². The summed E-state index contributed by atoms with van der Waals surface area (Å²) in [5, 5.41) is 0. The maximum atomic E-state index is 10.7. The Labute approximate surface area is 98.7 Å². The Morgan fingerprint density at radius 2 is 1.47 bits per heavy atom. The van der Waals surface area contributed by atoms with Gasteiger partial charge >= 0.3 is 98.8 Å². The number of rotatable bonds is 8. The summed E-state index contributed by atoms with van der Waals surface area (Å²) in [5.41, 5.74) is 0. The van der Waals surface area contributed by atoms with E-state index < -0.39 is 58.1 Å². The van der Waals surface area contributed by atoms with Crippen LogP contribution in [0.2, 0.25) is 0 Å². The van der Waals surface area contributed by atoms with Gasteiger partial charge in [-0.3, -0.25) is 0 Å². The Kier molecular flexibility index (Phi) is 7.79. The molecule has 0 amide bonds. The van der Waals surface area contributed by atoms with Gasteiger partial charge in [-0.15, -0.1) is 0 Å². The molecule has 0 saturated heterocycles. The van der Waals surface area contributed by atoms with E-state index in [1.165, 1.54) is 0 Å². The van der Waals surface area contributed by atoms with Crippen molar-refractivity contribution < 1.29 is 40.7 Å². The van der Waals surface area contributed by atoms with Gasteiger partial charge in [-0.25, -0.2) is 0 Å². The summed E-state index contributed by atoms with van der Waals surface area (Å²) in [6.45, 7) is 0. The molecular weight excluding hydrogens is 298 g/mol. The molecule has 0 aliphatic heterocycles. The van der Waals surface area contributed by atoms with E-state index in [0.29, 0.717) is 0 Å². The molecule has 0 saturated carbocycles. The average Bonchev–Trinajstić information content (AvgIpc) is 2.00. The topological polar surface area (TPSA) is 146 Å². The first-order chi connectivity index (χ1) is 6.95. The van der Waals surface area contributed by atoms with Crippen LogP contribution in [0.1, 0.15) is 0 Å². The Morgan fingerprint density at radius 1 is 1.00 bits per heavy atom. The third-order valence-electron chi connectivity index (χ3n) is 0.731. The number of hydrogen-bond donors (Lipinski definition) is 2. The summed E-state index contributed by atoms with van der Waals surface area (Å²) in [6.07, 6.45) is 0. The first-order valence-corrected chi connectivity index (χ1v) is 9.16. The summed E-state index contributed by atoms with van der Waals surface area (Å²) in [4.78, 5) is 16.6. The van der Waals surface area contributed by atoms with Gasteiger partial charge < -0.3 is 0 Å². The molecule has 0 bridgehead atoms. The van der Waals surface area contributed by atoms with E-state index in [1.807, 2.05) is 0 Å². The van der Waals surface area contributed by atoms with Crippen molar-refractivity contribution in [3.05, 3.63) is 0 Å². The summed E-state index contributed by atoms with van der Waals surface area (Å²) in [7, 11) is -10.1. The standard InChI is InChI=1S/2Al.2HO3Si.O3Si.O/c;;3*1-4(2)3;/h;;2*1H;;/q+1;+3;2*-1;-2;. The summed E-state index contributed by atoms with van der Waals surface area (Å²) < 4.78 is 57.5. The van der Waals surface area contributed by atoms with Gasteiger partial charge in [0.1, 0.15) is 0 Å². The van der Waals surface area contributed by atoms with Crippen LogP contribution < -0.4 is 0 Å². The average molecular weight is 300 g/mol. The predicted molar refractivity (Wildman–Crippen MR) is 40.3 cm³/mol. The zero-order valence-corrected chi connectivity index (χ0v) is 12.1. The van der Waals surface area contributed by atoms with E-state index >= 15 is 0 Å². The van der Waals surface area contributed by atoms with Gasteiger partial charge in [-0.05, 0) is 0 Å². The van der Waals surface area contributed by atoms with Gasteiger partial charge in [0.05, 0.1) is 0 Å². The molecule has 10 nitrogen and oxygen atoms in total. The van der Waals surface area contributed by atoms with Crippen LogP contribution in [0.3, 0.4) is 0 Å². The summed E-state index contributed by atoms with van der Waals surface area (Å²) in [6, 6.07) is 0. The molecule has 0 atom stereocenters. The van der Waals surface area contributed by atoms with E-state index in [0.717, 1.165) is 0 Å². The second kappa shape index (κ2) is 7.94. The molecule has 0 radical (unpaired) electrons. The van der Waals surface area contributed by atoms with Crippen molar-refractivity contribution in [2.45, 2.75) is 0 Å². The Hall–Kier alpha value is -0.284. The van der Waals surface area contributed by atoms with Crippen molar-refractivity contribution in [3.63, 3.8) is 0 Å². The molecule has 0 heterocycles. The second-order valence-electron chi connectivity index (χ2n) is 1.64. The van der Waals surface area contributed by atoms with Gasteiger partial charge in [-0.2, -0.15) is 0 Å². The van der Waals surface area contributed by atoms with Crippen LogP contribution in [0, 0.1) is 0 Å². The third kappa shape index (κ3) is 8.69. The normalized spacial score (nSPS) is 8.00. The van der Waals surface area contributed by atoms with Gasteiger partial charge in [0.2, 0.25) is 0 Å². The predicted octanol–water partition coefficient (Wildman–Crippen LogP) is -3.77. The molecule has 80 valence electrons. The Balaban J connectivity index is 4.22. The SMILES string of the molecule is [O]=[Al][O][Si](=O)[O][Al]([O][Si](=O)O)[O][Si](=O)O. The van der Waals surface area contributed by atoms with E-state index in [2.05, 4.69) is 13.9 Å². The van der Waals surface area contributed by atoms with Crippen molar-refractivity contribution in [2.75, 3.05) is 0 Å². The fraction of sp³-hybridized carbons (Fsp3) is 0. The third-order valence-corrected chi connectivity index (χ3v) is 6.58. The van der Waals surface area contributed by atoms with Crippen LogP contribution in [0.4, 0.5) is 0 Å². The quantitative estimate of drug-likeness (QED) is 0.428. The number of hydrogen-bond acceptors (Lipinski definition) is 8. The molecule has 2 N–H and O–H groups in total. The van der Waals surface area contributed by atoms with Crippen LogP contribution in [0.5, 0.6) is 0 Å². The molecule has 0 spiro atoms. The van der Waals surface area contributed by atoms with Gasteiger partial charge in [0.15, 0.2) is 0 Å². The zero-order chi connectivity index (χ0) is 11.8. The summed E-state index contributed by atoms with van der Waals surface area (Å²) in [5.74, 6) is 0. The van der Waals surface area contributed by atoms with Crippen LogP contribution in [-0.2, 0) is 31.1 Å². The van der Waals surface area contributed by atoms with Crippen molar-refractivity contribution >= 4 is 58.1 Å². The molecule has 0 aromatic carbocycles. The van der Waals surface area contributed by atoms with Crippen LogP contribution in [-0.4, -0.2) is 67.7 Å². The monoisotopic (exact) mass is 300 g/mol. The minimum absolute atomic E-state index is 1.80. The molecular formula is H2Al2O10Si3. The van der Waals surface area contributed by atoms with Gasteiger partial charge in [-0.1, -0.05) is 0 Å². The Bertz CT molecular complexity index is 258. The van der Waals surface area contributed by atoms with Crippen molar-refractivity contribution in [1.29, 1.82) is 0 Å². The van der Waals surface area contributed by atoms with Gasteiger partial charge in [0, 0.05) is 0 Å². The molecule has 0 aliphatic rings. The minimum atomic E-state index is -3.49. The summed E-state index contributed by atoms with van der Waals surface area (Å²) >= 11 is -5.29. The first kappa shape index (κ1) is 14.7. The molecule has 0 aromatic heterocycles. The second-order valence-corrected chi connectivity index (χ2v) is 7.74. The van der Waals surface area contributed by atoms with E-state index in [1.54, 1.807) is 0 Å². The van der Waals surface area contributed by atoms with Crippen LogP contribution in [0.25, 0.3) is 0 Å². The van der Waals surface area contributed by atoms with E-state index in [-0.39, 0.29) is 0 Å². The molecule has 0 fully saturated rings. The molecule has 0 aliphatic carbocycles. The van der Waals surface area contributed by atoms with Crippen molar-refractivity contribution in [1.82, 2.24) is 0 Å². The molecule has 0 rings (SSSR count). The first-order valence-electron chi connectivity index (χ1n) is 3.05. The van der Waals surface area contributed by atoms with Crippen molar-refractivity contribution in [3.8, 4) is 0 Å². The fourth-order valence-corrected chi connectivity index (χ4v) is 5.24. The zero-order valence-electron chi connectivity index (χ0n) is 6.82. The molecule has 15 heteroatoms. The van der Waals surface area contributed by atoms with Crippen LogP contribution >= 0.6 is 0 Å². The molecule has 0 aromatic rings. The van der Waals surface area contributed by atoms with Crippen molar-refractivity contribution in [2.24, 2.45) is 0 Å². The van der Waals surface area contributed by atoms with E-state index in [4.69, 9.17) is 9.59 Å².